The molecule has 8 heteroatoms. The zero-order valence-corrected chi connectivity index (χ0v) is 18.0. The van der Waals surface area contributed by atoms with Crippen LogP contribution in [0.5, 0.6) is 0 Å². The number of rotatable bonds is 5. The van der Waals surface area contributed by atoms with Crippen LogP contribution in [0.4, 0.5) is 5.82 Å². The predicted molar refractivity (Wildman–Crippen MR) is 120 cm³/mol. The van der Waals surface area contributed by atoms with Gasteiger partial charge in [0.1, 0.15) is 17.8 Å². The van der Waals surface area contributed by atoms with Gasteiger partial charge in [0.2, 0.25) is 5.91 Å². The van der Waals surface area contributed by atoms with Gasteiger partial charge in [-0.25, -0.2) is 9.97 Å². The van der Waals surface area contributed by atoms with E-state index in [1.807, 2.05) is 25.3 Å². The minimum Gasteiger partial charge on any atom is -0.394 e. The smallest absolute Gasteiger partial charge is 0.224 e. The molecule has 1 aliphatic carbocycles. The summed E-state index contributed by atoms with van der Waals surface area (Å²) >= 11 is 0. The molecule has 1 spiro atoms. The van der Waals surface area contributed by atoms with Crippen molar-refractivity contribution in [3.05, 3.63) is 53.5 Å². The average Bonchev–Trinajstić information content (AvgIpc) is 3.38. The average molecular weight is 431 g/mol. The van der Waals surface area contributed by atoms with Crippen molar-refractivity contribution in [3.63, 3.8) is 0 Å². The summed E-state index contributed by atoms with van der Waals surface area (Å²) in [5.74, 6) is 0.831. The highest BCUT2D eigenvalue weighted by Crippen LogP contribution is 2.56. The van der Waals surface area contributed by atoms with Crippen molar-refractivity contribution in [1.29, 1.82) is 5.26 Å². The highest BCUT2D eigenvalue weighted by molar-refractivity contribution is 5.88. The number of nitrogens with zero attached hydrogens (tertiary/aromatic N) is 4. The molecule has 2 aromatic heterocycles. The van der Waals surface area contributed by atoms with Gasteiger partial charge in [-0.3, -0.25) is 4.79 Å². The highest BCUT2D eigenvalue weighted by atomic mass is 16.3. The molecule has 0 bridgehead atoms. The normalized spacial score (nSPS) is 20.2. The van der Waals surface area contributed by atoms with Crippen molar-refractivity contribution < 1.29 is 9.90 Å². The summed E-state index contributed by atoms with van der Waals surface area (Å²) in [5, 5.41) is 23.2. The summed E-state index contributed by atoms with van der Waals surface area (Å²) in [4.78, 5) is 27.5. The molecular weight excluding hydrogens is 404 g/mol. The minimum atomic E-state index is -0.481. The van der Waals surface area contributed by atoms with Gasteiger partial charge in [-0.05, 0) is 60.9 Å². The maximum atomic E-state index is 13.3. The third-order valence-electron chi connectivity index (χ3n) is 7.05. The molecule has 1 amide bonds. The van der Waals surface area contributed by atoms with Crippen LogP contribution in [0.3, 0.4) is 0 Å². The number of aryl methyl sites for hydroxylation is 1. The number of nitriles is 1. The van der Waals surface area contributed by atoms with Crippen LogP contribution < -0.4 is 10.2 Å². The molecule has 2 atom stereocenters. The number of hydrogen-bond donors (Lipinski definition) is 3. The number of carbonyl (C=O) groups is 1. The van der Waals surface area contributed by atoms with Crippen molar-refractivity contribution in [2.24, 2.45) is 11.3 Å². The molecule has 3 heterocycles. The van der Waals surface area contributed by atoms with E-state index in [-0.39, 0.29) is 23.8 Å². The van der Waals surface area contributed by atoms with Gasteiger partial charge in [0, 0.05) is 25.2 Å². The Labute approximate surface area is 186 Å². The molecule has 2 fully saturated rings. The fraction of sp³-hybridized carbons (Fsp3) is 0.417. The molecule has 2 aliphatic rings. The number of aliphatic hydroxyl groups excluding tert-OH is 1. The number of aromatic amines is 1. The van der Waals surface area contributed by atoms with Gasteiger partial charge < -0.3 is 20.3 Å². The first-order valence-electron chi connectivity index (χ1n) is 11.0. The molecule has 1 aliphatic heterocycles. The summed E-state index contributed by atoms with van der Waals surface area (Å²) in [6.45, 7) is 3.25. The lowest BCUT2D eigenvalue weighted by Gasteiger charge is -2.39. The van der Waals surface area contributed by atoms with E-state index in [9.17, 15) is 9.90 Å². The second-order valence-corrected chi connectivity index (χ2v) is 8.99. The monoisotopic (exact) mass is 430 g/mol. The summed E-state index contributed by atoms with van der Waals surface area (Å²) in [6, 6.07) is 8.97. The van der Waals surface area contributed by atoms with Gasteiger partial charge in [0.25, 0.3) is 0 Å². The third-order valence-corrected chi connectivity index (χ3v) is 7.05. The topological polar surface area (TPSA) is 118 Å². The standard InChI is InChI=1S/C24H26N6O2/c1-15-10-16(11-25)2-3-17(15)20(12-31)29-23(32)19-5-9-30(13-24(19)6-7-24)22-18-4-8-26-21(18)27-14-28-22/h2-4,8,10,14,19-20,31H,5-7,9,12-13H2,1H3,(H,29,32)(H,26,27,28)/t19-,20+/m1/s1. The van der Waals surface area contributed by atoms with Gasteiger partial charge >= 0.3 is 0 Å². The molecular formula is C24H26N6O2. The Morgan fingerprint density at radius 2 is 2.25 bits per heavy atom. The van der Waals surface area contributed by atoms with Crippen LogP contribution in [0, 0.1) is 29.6 Å². The van der Waals surface area contributed by atoms with Gasteiger partial charge in [0.15, 0.2) is 0 Å². The number of amides is 1. The number of benzene rings is 1. The molecule has 3 aromatic rings. The van der Waals surface area contributed by atoms with Gasteiger partial charge in [-0.1, -0.05) is 6.07 Å². The number of aromatic nitrogens is 3. The quantitative estimate of drug-likeness (QED) is 0.573. The highest BCUT2D eigenvalue weighted by Gasteiger charge is 2.55. The second kappa shape index (κ2) is 7.92. The predicted octanol–water partition coefficient (Wildman–Crippen LogP) is 2.59. The van der Waals surface area contributed by atoms with Crippen molar-refractivity contribution in [2.45, 2.75) is 32.2 Å². The zero-order chi connectivity index (χ0) is 22.3. The SMILES string of the molecule is Cc1cc(C#N)ccc1[C@H](CO)NC(=O)[C@H]1CCN(c2ncnc3[nH]ccc23)CC12CC2. The molecule has 32 heavy (non-hydrogen) atoms. The maximum absolute atomic E-state index is 13.3. The molecule has 164 valence electrons. The first-order valence-corrected chi connectivity index (χ1v) is 11.0. The third kappa shape index (κ3) is 3.49. The van der Waals surface area contributed by atoms with Crippen LogP contribution in [0.2, 0.25) is 0 Å². The van der Waals surface area contributed by atoms with Crippen LogP contribution >= 0.6 is 0 Å². The molecule has 0 radical (unpaired) electrons. The minimum absolute atomic E-state index is 0.000520. The Balaban J connectivity index is 1.32. The number of nitrogens with one attached hydrogen (secondary N) is 2. The van der Waals surface area contributed by atoms with Crippen molar-refractivity contribution in [1.82, 2.24) is 20.3 Å². The lowest BCUT2D eigenvalue weighted by molar-refractivity contribution is -0.129. The number of anilines is 1. The van der Waals surface area contributed by atoms with E-state index in [1.54, 1.807) is 18.5 Å². The maximum Gasteiger partial charge on any atom is 0.224 e. The van der Waals surface area contributed by atoms with Crippen LogP contribution in [-0.4, -0.2) is 45.7 Å². The summed E-state index contributed by atoms with van der Waals surface area (Å²) in [6.07, 6.45) is 6.23. The van der Waals surface area contributed by atoms with Gasteiger partial charge in [0.05, 0.1) is 29.7 Å². The van der Waals surface area contributed by atoms with E-state index < -0.39 is 6.04 Å². The number of carbonyl (C=O) groups excluding carboxylic acids is 1. The molecule has 1 saturated heterocycles. The second-order valence-electron chi connectivity index (χ2n) is 8.99. The number of H-pyrrole nitrogens is 1. The van der Waals surface area contributed by atoms with Gasteiger partial charge in [-0.2, -0.15) is 5.26 Å². The Bertz CT molecular complexity index is 1210. The van der Waals surface area contributed by atoms with Crippen molar-refractivity contribution in [2.75, 3.05) is 24.6 Å². The van der Waals surface area contributed by atoms with E-state index >= 15 is 0 Å². The first-order chi connectivity index (χ1) is 15.5. The Morgan fingerprint density at radius 1 is 1.41 bits per heavy atom. The van der Waals surface area contributed by atoms with Crippen LogP contribution in [0.15, 0.2) is 36.8 Å². The fourth-order valence-electron chi connectivity index (χ4n) is 5.16. The Hall–Kier alpha value is -3.44. The zero-order valence-electron chi connectivity index (χ0n) is 18.0. The molecule has 3 N–H and O–H groups in total. The van der Waals surface area contributed by atoms with Crippen LogP contribution in [-0.2, 0) is 4.79 Å². The summed E-state index contributed by atoms with van der Waals surface area (Å²) in [5.41, 5.74) is 3.08. The lowest BCUT2D eigenvalue weighted by Crippen LogP contribution is -2.49. The number of piperidine rings is 1. The largest absolute Gasteiger partial charge is 0.394 e. The van der Waals surface area contributed by atoms with Crippen molar-refractivity contribution >= 4 is 22.8 Å². The molecule has 8 nitrogen and oxygen atoms in total. The van der Waals surface area contributed by atoms with E-state index in [0.717, 1.165) is 60.3 Å². The molecule has 1 saturated carbocycles. The van der Waals surface area contributed by atoms with E-state index in [1.165, 1.54) is 0 Å². The Kier molecular flexibility index (Phi) is 5.06. The molecule has 5 rings (SSSR count). The van der Waals surface area contributed by atoms with Crippen molar-refractivity contribution in [3.8, 4) is 6.07 Å². The number of hydrogen-bond acceptors (Lipinski definition) is 6. The summed E-state index contributed by atoms with van der Waals surface area (Å²) < 4.78 is 0. The van der Waals surface area contributed by atoms with Gasteiger partial charge in [-0.15, -0.1) is 0 Å². The Morgan fingerprint density at radius 3 is 2.97 bits per heavy atom. The van der Waals surface area contributed by atoms with Crippen LogP contribution in [0.1, 0.15) is 42.0 Å². The summed E-state index contributed by atoms with van der Waals surface area (Å²) in [7, 11) is 0. The molecule has 0 unspecified atom stereocenters. The number of aliphatic hydroxyl groups is 1. The first kappa shape index (κ1) is 20.5. The van der Waals surface area contributed by atoms with Crippen LogP contribution in [0.25, 0.3) is 11.0 Å². The fourth-order valence-corrected chi connectivity index (χ4v) is 5.16. The number of fused-ring (bicyclic) bond motifs is 1. The van der Waals surface area contributed by atoms with E-state index in [0.29, 0.717) is 5.56 Å². The van der Waals surface area contributed by atoms with E-state index in [2.05, 4.69) is 31.2 Å². The van der Waals surface area contributed by atoms with E-state index in [4.69, 9.17) is 5.26 Å². The lowest BCUT2D eigenvalue weighted by atomic mass is 9.81. The molecule has 1 aromatic carbocycles.